The number of aromatic nitrogens is 2. The minimum Gasteiger partial charge on any atom is -0.508 e. The van der Waals surface area contributed by atoms with Gasteiger partial charge in [-0.25, -0.2) is 4.39 Å². The molecule has 5 heteroatoms. The van der Waals surface area contributed by atoms with Gasteiger partial charge in [-0.1, -0.05) is 24.3 Å². The molecule has 1 saturated carbocycles. The molecule has 2 atom stereocenters. The van der Waals surface area contributed by atoms with Crippen molar-refractivity contribution in [2.75, 3.05) is 18.0 Å². The minimum atomic E-state index is -0.440. The molecule has 4 nitrogen and oxygen atoms in total. The number of benzene rings is 2. The van der Waals surface area contributed by atoms with Gasteiger partial charge in [-0.2, -0.15) is 0 Å². The average molecular weight is 399 g/mol. The van der Waals surface area contributed by atoms with Gasteiger partial charge in [0, 0.05) is 42.1 Å². The molecule has 3 heterocycles. The molecule has 2 aliphatic rings. The number of fused-ring (bicyclic) bond motifs is 4. The molecular weight excluding hydrogens is 377 g/mol. The maximum absolute atomic E-state index is 15.7. The highest BCUT2D eigenvalue weighted by molar-refractivity contribution is 6.00. The summed E-state index contributed by atoms with van der Waals surface area (Å²) in [4.78, 5) is 11.3. The zero-order valence-corrected chi connectivity index (χ0v) is 16.6. The number of phenolic OH excluding ortho intramolecular Hbond substituents is 1. The van der Waals surface area contributed by atoms with Gasteiger partial charge in [0.05, 0.1) is 0 Å². The molecule has 1 aliphatic carbocycles. The number of pyridine rings is 2. The number of nitrogens with zero attached hydrogens (tertiary/aromatic N) is 3. The van der Waals surface area contributed by atoms with Gasteiger partial charge in [0.25, 0.3) is 0 Å². The molecule has 150 valence electrons. The Labute approximate surface area is 174 Å². The summed E-state index contributed by atoms with van der Waals surface area (Å²) in [6.07, 6.45) is 7.35. The van der Waals surface area contributed by atoms with Crippen molar-refractivity contribution in [3.05, 3.63) is 60.7 Å². The molecule has 1 aliphatic heterocycles. The first-order chi connectivity index (χ1) is 14.7. The lowest BCUT2D eigenvalue weighted by molar-refractivity contribution is 0.422. The van der Waals surface area contributed by atoms with Gasteiger partial charge in [-0.3, -0.25) is 9.97 Å². The second-order valence-corrected chi connectivity index (χ2v) is 8.68. The van der Waals surface area contributed by atoms with Crippen molar-refractivity contribution in [2.24, 2.45) is 11.8 Å². The van der Waals surface area contributed by atoms with E-state index in [-0.39, 0.29) is 11.4 Å². The molecule has 2 bridgehead atoms. The Balaban J connectivity index is 1.52. The summed E-state index contributed by atoms with van der Waals surface area (Å²) >= 11 is 0. The number of halogens is 1. The summed E-state index contributed by atoms with van der Waals surface area (Å²) < 4.78 is 15.7. The van der Waals surface area contributed by atoms with E-state index in [1.807, 2.05) is 30.3 Å². The molecule has 2 aromatic heterocycles. The summed E-state index contributed by atoms with van der Waals surface area (Å²) in [6.45, 7) is 2.05. The Hall–Kier alpha value is -3.21. The first kappa shape index (κ1) is 17.6. The maximum Gasteiger partial charge on any atom is 0.175 e. The number of rotatable bonds is 2. The molecule has 6 rings (SSSR count). The van der Waals surface area contributed by atoms with Crippen LogP contribution < -0.4 is 4.90 Å². The summed E-state index contributed by atoms with van der Waals surface area (Å²) in [5.74, 6) is 1.13. The lowest BCUT2D eigenvalue weighted by Crippen LogP contribution is -2.36. The van der Waals surface area contributed by atoms with E-state index in [0.29, 0.717) is 11.1 Å². The largest absolute Gasteiger partial charge is 0.508 e. The van der Waals surface area contributed by atoms with Crippen molar-refractivity contribution in [1.29, 1.82) is 0 Å². The Morgan fingerprint density at radius 1 is 0.967 bits per heavy atom. The smallest absolute Gasteiger partial charge is 0.175 e. The minimum absolute atomic E-state index is 0.0931. The average Bonchev–Trinajstić information content (AvgIpc) is 3.10. The monoisotopic (exact) mass is 399 g/mol. The Morgan fingerprint density at radius 2 is 1.77 bits per heavy atom. The predicted molar refractivity (Wildman–Crippen MR) is 117 cm³/mol. The number of hydrogen-bond donors (Lipinski definition) is 1. The van der Waals surface area contributed by atoms with Gasteiger partial charge in [-0.15, -0.1) is 0 Å². The van der Waals surface area contributed by atoms with Crippen LogP contribution in [0.2, 0.25) is 0 Å². The summed E-state index contributed by atoms with van der Waals surface area (Å²) in [5, 5.41) is 12.6. The molecule has 2 unspecified atom stereocenters. The second-order valence-electron chi connectivity index (χ2n) is 8.68. The lowest BCUT2D eigenvalue weighted by Gasteiger charge is -2.34. The van der Waals surface area contributed by atoms with Crippen molar-refractivity contribution in [3.63, 3.8) is 0 Å². The van der Waals surface area contributed by atoms with Gasteiger partial charge in [-0.05, 0) is 60.1 Å². The van der Waals surface area contributed by atoms with Crippen LogP contribution in [-0.4, -0.2) is 28.2 Å². The molecular formula is C25H22FN3O. The van der Waals surface area contributed by atoms with Crippen molar-refractivity contribution < 1.29 is 9.50 Å². The SMILES string of the molecule is Oc1cc(-c2ncc3c(N4CC5CCC(C5)C4)ccnc3c2F)c2ccccc2c1. The Morgan fingerprint density at radius 3 is 2.60 bits per heavy atom. The fraction of sp³-hybridized carbons (Fsp3) is 0.280. The molecule has 1 saturated heterocycles. The van der Waals surface area contributed by atoms with Crippen LogP contribution >= 0.6 is 0 Å². The molecule has 30 heavy (non-hydrogen) atoms. The van der Waals surface area contributed by atoms with Crippen LogP contribution in [0.1, 0.15) is 19.3 Å². The molecule has 1 N–H and O–H groups in total. The van der Waals surface area contributed by atoms with Crippen LogP contribution in [0.4, 0.5) is 10.1 Å². The maximum atomic E-state index is 15.7. The van der Waals surface area contributed by atoms with E-state index in [1.165, 1.54) is 19.3 Å². The third-order valence-electron chi connectivity index (χ3n) is 6.76. The van der Waals surface area contributed by atoms with E-state index in [2.05, 4.69) is 14.9 Å². The second kappa shape index (κ2) is 6.66. The van der Waals surface area contributed by atoms with Gasteiger partial charge in [0.15, 0.2) is 5.82 Å². The first-order valence-electron chi connectivity index (χ1n) is 10.6. The highest BCUT2D eigenvalue weighted by Gasteiger charge is 2.33. The number of piperidine rings is 1. The van der Waals surface area contributed by atoms with Crippen LogP contribution in [0.25, 0.3) is 32.9 Å². The number of hydrogen-bond acceptors (Lipinski definition) is 4. The third kappa shape index (κ3) is 2.72. The summed E-state index contributed by atoms with van der Waals surface area (Å²) in [5.41, 5.74) is 2.16. The predicted octanol–water partition coefficient (Wildman–Crippen LogP) is 5.53. The first-order valence-corrected chi connectivity index (χ1v) is 10.6. The van der Waals surface area contributed by atoms with Crippen LogP contribution in [0, 0.1) is 17.7 Å². The summed E-state index contributed by atoms with van der Waals surface area (Å²) in [6, 6.07) is 12.9. The normalized spacial score (nSPS) is 20.9. The van der Waals surface area contributed by atoms with E-state index in [1.54, 1.807) is 24.5 Å². The standard InChI is InChI=1S/C25H22FN3O/c26-23-24(20-11-18(30)10-17-3-1-2-4-19(17)20)28-12-21-22(7-8-27-25(21)23)29-13-15-5-6-16(9-15)14-29/h1-4,7-8,10-12,15-16,30H,5-6,9,13-14H2. The van der Waals surface area contributed by atoms with E-state index in [4.69, 9.17) is 0 Å². The topological polar surface area (TPSA) is 49.3 Å². The number of anilines is 1. The van der Waals surface area contributed by atoms with Crippen LogP contribution in [0.3, 0.4) is 0 Å². The lowest BCUT2D eigenvalue weighted by atomic mass is 9.97. The van der Waals surface area contributed by atoms with Crippen molar-refractivity contribution in [1.82, 2.24) is 9.97 Å². The fourth-order valence-electron chi connectivity index (χ4n) is 5.42. The van der Waals surface area contributed by atoms with E-state index < -0.39 is 5.82 Å². The molecule has 4 aromatic rings. The van der Waals surface area contributed by atoms with Gasteiger partial charge in [0.1, 0.15) is 17.0 Å². The molecule has 0 radical (unpaired) electrons. The van der Waals surface area contributed by atoms with Gasteiger partial charge >= 0.3 is 0 Å². The molecule has 0 spiro atoms. The quantitative estimate of drug-likeness (QED) is 0.481. The van der Waals surface area contributed by atoms with Crippen LogP contribution in [0.5, 0.6) is 5.75 Å². The Kier molecular flexibility index (Phi) is 3.91. The zero-order chi connectivity index (χ0) is 20.2. The van der Waals surface area contributed by atoms with Crippen molar-refractivity contribution in [3.8, 4) is 17.0 Å². The van der Waals surface area contributed by atoms with Crippen LogP contribution in [-0.2, 0) is 0 Å². The van der Waals surface area contributed by atoms with Crippen molar-refractivity contribution in [2.45, 2.75) is 19.3 Å². The zero-order valence-electron chi connectivity index (χ0n) is 16.6. The summed E-state index contributed by atoms with van der Waals surface area (Å²) in [7, 11) is 0. The van der Waals surface area contributed by atoms with E-state index in [0.717, 1.165) is 46.8 Å². The Bertz CT molecular complexity index is 1280. The van der Waals surface area contributed by atoms with Gasteiger partial charge in [0.2, 0.25) is 0 Å². The van der Waals surface area contributed by atoms with Crippen molar-refractivity contribution >= 4 is 27.4 Å². The van der Waals surface area contributed by atoms with Gasteiger partial charge < -0.3 is 10.0 Å². The third-order valence-corrected chi connectivity index (χ3v) is 6.76. The molecule has 2 fully saturated rings. The molecule has 2 aromatic carbocycles. The molecule has 0 amide bonds. The van der Waals surface area contributed by atoms with E-state index >= 15 is 4.39 Å². The van der Waals surface area contributed by atoms with E-state index in [9.17, 15) is 5.11 Å². The van der Waals surface area contributed by atoms with Crippen LogP contribution in [0.15, 0.2) is 54.9 Å². The highest BCUT2D eigenvalue weighted by Crippen LogP contribution is 2.41. The fourth-order valence-corrected chi connectivity index (χ4v) is 5.42. The number of phenols is 1. The number of aromatic hydroxyl groups is 1. The highest BCUT2D eigenvalue weighted by atomic mass is 19.1.